The van der Waals surface area contributed by atoms with Crippen LogP contribution in [0.15, 0.2) is 12.4 Å². The quantitative estimate of drug-likeness (QED) is 0.722. The Hall–Kier alpha value is -0.970. The van der Waals surface area contributed by atoms with Gasteiger partial charge in [-0.2, -0.15) is 5.10 Å². The largest absolute Gasteiger partial charge is 0.312 e. The van der Waals surface area contributed by atoms with Crippen molar-refractivity contribution < 1.29 is 8.78 Å². The van der Waals surface area contributed by atoms with E-state index < -0.39 is 6.43 Å². The summed E-state index contributed by atoms with van der Waals surface area (Å²) in [6.07, 6.45) is 0.228. The molecule has 1 aromatic rings. The number of nitrogens with zero attached hydrogens (tertiary/aromatic N) is 2. The molecular weight excluding hydrogens is 164 g/mol. The third-order valence-electron chi connectivity index (χ3n) is 2.01. The zero-order valence-electron chi connectivity index (χ0n) is 6.37. The first-order valence-electron chi connectivity index (χ1n) is 3.80. The van der Waals surface area contributed by atoms with E-state index >= 15 is 0 Å². The van der Waals surface area contributed by atoms with E-state index in [-0.39, 0.29) is 11.6 Å². The van der Waals surface area contributed by atoms with E-state index in [2.05, 4.69) is 10.4 Å². The van der Waals surface area contributed by atoms with Crippen molar-refractivity contribution in [2.24, 2.45) is 0 Å². The van der Waals surface area contributed by atoms with E-state index in [1.165, 1.54) is 12.4 Å². The van der Waals surface area contributed by atoms with E-state index in [1.54, 1.807) is 4.68 Å². The van der Waals surface area contributed by atoms with Crippen LogP contribution in [0.1, 0.15) is 18.0 Å². The Morgan fingerprint density at radius 2 is 2.33 bits per heavy atom. The van der Waals surface area contributed by atoms with Crippen molar-refractivity contribution in [1.29, 1.82) is 0 Å². The second-order valence-electron chi connectivity index (χ2n) is 2.87. The molecule has 2 heterocycles. The molecule has 12 heavy (non-hydrogen) atoms. The van der Waals surface area contributed by atoms with E-state index in [0.717, 1.165) is 13.1 Å². The Morgan fingerprint density at radius 3 is 2.75 bits per heavy atom. The first kappa shape index (κ1) is 7.67. The molecule has 0 amide bonds. The van der Waals surface area contributed by atoms with Crippen LogP contribution in [0.5, 0.6) is 0 Å². The molecular formula is C7H9F2N3. The Kier molecular flexibility index (Phi) is 1.80. The van der Waals surface area contributed by atoms with Crippen molar-refractivity contribution in [3.63, 3.8) is 0 Å². The van der Waals surface area contributed by atoms with Crippen LogP contribution in [0.4, 0.5) is 8.78 Å². The topological polar surface area (TPSA) is 29.9 Å². The van der Waals surface area contributed by atoms with Crippen molar-refractivity contribution in [1.82, 2.24) is 15.1 Å². The first-order valence-corrected chi connectivity index (χ1v) is 3.80. The minimum Gasteiger partial charge on any atom is -0.312 e. The summed E-state index contributed by atoms with van der Waals surface area (Å²) >= 11 is 0. The maximum absolute atomic E-state index is 12.1. The number of nitrogens with one attached hydrogen (secondary N) is 1. The smallest absolute Gasteiger partial charge is 0.266 e. The molecule has 0 saturated carbocycles. The third-order valence-corrected chi connectivity index (χ3v) is 2.01. The Morgan fingerprint density at radius 1 is 1.58 bits per heavy atom. The van der Waals surface area contributed by atoms with Crippen molar-refractivity contribution in [3.8, 4) is 0 Å². The number of halogens is 2. The first-order chi connectivity index (χ1) is 5.77. The van der Waals surface area contributed by atoms with Gasteiger partial charge in [0.2, 0.25) is 0 Å². The van der Waals surface area contributed by atoms with Gasteiger partial charge in [0.15, 0.2) is 0 Å². The van der Waals surface area contributed by atoms with Crippen LogP contribution >= 0.6 is 0 Å². The van der Waals surface area contributed by atoms with Gasteiger partial charge in [-0.25, -0.2) is 8.78 Å². The lowest BCUT2D eigenvalue weighted by Gasteiger charge is -2.27. The molecule has 1 aliphatic rings. The van der Waals surface area contributed by atoms with Crippen LogP contribution in [-0.2, 0) is 0 Å². The highest BCUT2D eigenvalue weighted by Crippen LogP contribution is 2.19. The van der Waals surface area contributed by atoms with Crippen LogP contribution in [-0.4, -0.2) is 22.9 Å². The van der Waals surface area contributed by atoms with Gasteiger partial charge in [-0.15, -0.1) is 0 Å². The zero-order chi connectivity index (χ0) is 8.55. The van der Waals surface area contributed by atoms with E-state index in [4.69, 9.17) is 0 Å². The van der Waals surface area contributed by atoms with Gasteiger partial charge in [-0.1, -0.05) is 0 Å². The highest BCUT2D eigenvalue weighted by atomic mass is 19.3. The molecule has 0 spiro atoms. The van der Waals surface area contributed by atoms with E-state index in [0.29, 0.717) is 0 Å². The maximum atomic E-state index is 12.1. The lowest BCUT2D eigenvalue weighted by Crippen LogP contribution is -2.43. The van der Waals surface area contributed by atoms with Gasteiger partial charge in [-0.05, 0) is 0 Å². The van der Waals surface area contributed by atoms with Gasteiger partial charge in [0.25, 0.3) is 6.43 Å². The average molecular weight is 173 g/mol. The van der Waals surface area contributed by atoms with Crippen LogP contribution in [0.25, 0.3) is 0 Å². The Labute approximate surface area is 68.4 Å². The number of rotatable bonds is 2. The number of hydrogen-bond acceptors (Lipinski definition) is 2. The van der Waals surface area contributed by atoms with Gasteiger partial charge in [-0.3, -0.25) is 4.68 Å². The summed E-state index contributed by atoms with van der Waals surface area (Å²) in [5, 5.41) is 6.91. The van der Waals surface area contributed by atoms with Gasteiger partial charge in [0, 0.05) is 19.3 Å². The molecule has 0 unspecified atom stereocenters. The van der Waals surface area contributed by atoms with Crippen molar-refractivity contribution in [2.45, 2.75) is 12.5 Å². The summed E-state index contributed by atoms with van der Waals surface area (Å²) in [6, 6.07) is 0.262. The highest BCUT2D eigenvalue weighted by Gasteiger charge is 2.20. The molecule has 0 bridgehead atoms. The third kappa shape index (κ3) is 1.20. The summed E-state index contributed by atoms with van der Waals surface area (Å²) in [7, 11) is 0. The molecule has 66 valence electrons. The molecule has 0 radical (unpaired) electrons. The van der Waals surface area contributed by atoms with Crippen LogP contribution < -0.4 is 5.32 Å². The normalized spacial score (nSPS) is 18.2. The number of alkyl halides is 2. The fraction of sp³-hybridized carbons (Fsp3) is 0.571. The monoisotopic (exact) mass is 173 g/mol. The standard InChI is InChI=1S/C7H9F2N3/c8-7(9)5-1-11-12(4-5)6-2-10-3-6/h1,4,6-7,10H,2-3H2. The molecule has 3 nitrogen and oxygen atoms in total. The van der Waals surface area contributed by atoms with Crippen molar-refractivity contribution >= 4 is 0 Å². The van der Waals surface area contributed by atoms with Gasteiger partial charge in [0.1, 0.15) is 0 Å². The summed E-state index contributed by atoms with van der Waals surface area (Å²) in [5.74, 6) is 0. The molecule has 1 aromatic heterocycles. The maximum Gasteiger partial charge on any atom is 0.266 e. The summed E-state index contributed by atoms with van der Waals surface area (Å²) in [5.41, 5.74) is 0.00176. The van der Waals surface area contributed by atoms with Crippen molar-refractivity contribution in [2.75, 3.05) is 13.1 Å². The molecule has 0 aliphatic carbocycles. The summed E-state index contributed by atoms with van der Waals surface area (Å²) in [6.45, 7) is 1.65. The SMILES string of the molecule is FC(F)c1cnn(C2CNC2)c1. The second-order valence-corrected chi connectivity index (χ2v) is 2.87. The summed E-state index contributed by atoms with van der Waals surface area (Å²) < 4.78 is 25.8. The van der Waals surface area contributed by atoms with Crippen LogP contribution in [0, 0.1) is 0 Å². The van der Waals surface area contributed by atoms with Crippen molar-refractivity contribution in [3.05, 3.63) is 18.0 Å². The average Bonchev–Trinajstić information content (AvgIpc) is 2.32. The lowest BCUT2D eigenvalue weighted by molar-refractivity contribution is 0.151. The molecule has 0 aromatic carbocycles. The Bertz CT molecular complexity index is 267. The number of hydrogen-bond donors (Lipinski definition) is 1. The number of aromatic nitrogens is 2. The van der Waals surface area contributed by atoms with Gasteiger partial charge in [0.05, 0.1) is 17.8 Å². The summed E-state index contributed by atoms with van der Waals surface area (Å²) in [4.78, 5) is 0. The molecule has 5 heteroatoms. The molecule has 1 saturated heterocycles. The minimum atomic E-state index is -2.41. The predicted molar refractivity (Wildman–Crippen MR) is 39.1 cm³/mol. The van der Waals surface area contributed by atoms with E-state index in [9.17, 15) is 8.78 Å². The Balaban J connectivity index is 2.12. The lowest BCUT2D eigenvalue weighted by atomic mass is 10.2. The molecule has 2 rings (SSSR count). The highest BCUT2D eigenvalue weighted by molar-refractivity contribution is 5.06. The van der Waals surface area contributed by atoms with Crippen LogP contribution in [0.3, 0.4) is 0 Å². The zero-order valence-corrected chi connectivity index (χ0v) is 6.37. The molecule has 1 aliphatic heterocycles. The predicted octanol–water partition coefficient (Wildman–Crippen LogP) is 0.965. The second kappa shape index (κ2) is 2.82. The van der Waals surface area contributed by atoms with Gasteiger partial charge < -0.3 is 5.32 Å². The van der Waals surface area contributed by atoms with Crippen LogP contribution in [0.2, 0.25) is 0 Å². The minimum absolute atomic E-state index is 0.00176. The molecule has 1 N–H and O–H groups in total. The molecule has 0 atom stereocenters. The molecule has 1 fully saturated rings. The van der Waals surface area contributed by atoms with Gasteiger partial charge >= 0.3 is 0 Å². The fourth-order valence-electron chi connectivity index (χ4n) is 1.13. The fourth-order valence-corrected chi connectivity index (χ4v) is 1.13. The van der Waals surface area contributed by atoms with E-state index in [1.807, 2.05) is 0 Å².